The van der Waals surface area contributed by atoms with E-state index in [1.54, 1.807) is 4.68 Å². The Balaban J connectivity index is 1.77. The van der Waals surface area contributed by atoms with E-state index in [9.17, 15) is 9.90 Å². The monoisotopic (exact) mass is 430 g/mol. The molecule has 0 saturated heterocycles. The average Bonchev–Trinajstić information content (AvgIpc) is 3.17. The van der Waals surface area contributed by atoms with Crippen molar-refractivity contribution in [3.8, 4) is 0 Å². The fourth-order valence-electron chi connectivity index (χ4n) is 4.28. The number of aryl methyl sites for hydroxylation is 1. The summed E-state index contributed by atoms with van der Waals surface area (Å²) in [4.78, 5) is 20.8. The number of H-pyrrole nitrogens is 1. The molecule has 2 N–H and O–H groups in total. The third kappa shape index (κ3) is 4.65. The molecule has 4 aromatic rings. The van der Waals surface area contributed by atoms with E-state index < -0.39 is 6.10 Å². The van der Waals surface area contributed by atoms with Crippen molar-refractivity contribution in [3.63, 3.8) is 0 Å². The Labute approximate surface area is 188 Å². The number of aromatic nitrogens is 4. The fourth-order valence-corrected chi connectivity index (χ4v) is 4.28. The molecule has 0 radical (unpaired) electrons. The van der Waals surface area contributed by atoms with Crippen molar-refractivity contribution in [2.24, 2.45) is 0 Å². The Kier molecular flexibility index (Phi) is 6.81. The summed E-state index contributed by atoms with van der Waals surface area (Å²) in [6, 6.07) is 19.7. The van der Waals surface area contributed by atoms with Crippen molar-refractivity contribution in [1.82, 2.24) is 19.7 Å². The van der Waals surface area contributed by atoms with E-state index in [1.807, 2.05) is 67.6 Å². The van der Waals surface area contributed by atoms with Gasteiger partial charge in [0, 0.05) is 12.8 Å². The summed E-state index contributed by atoms with van der Waals surface area (Å²) in [5.41, 5.74) is 3.25. The molecule has 2 aromatic heterocycles. The van der Waals surface area contributed by atoms with Gasteiger partial charge in [0.1, 0.15) is 11.2 Å². The van der Waals surface area contributed by atoms with Gasteiger partial charge in [-0.1, -0.05) is 80.9 Å². The maximum atomic E-state index is 13.0. The number of hydrogen-bond acceptors (Lipinski definition) is 4. The minimum atomic E-state index is -0.635. The van der Waals surface area contributed by atoms with Gasteiger partial charge < -0.3 is 10.1 Å². The van der Waals surface area contributed by atoms with Crippen LogP contribution >= 0.6 is 0 Å². The van der Waals surface area contributed by atoms with Gasteiger partial charge in [0.15, 0.2) is 5.65 Å². The molecule has 0 saturated carbocycles. The van der Waals surface area contributed by atoms with E-state index in [-0.39, 0.29) is 11.6 Å². The molecule has 0 aliphatic rings. The van der Waals surface area contributed by atoms with Gasteiger partial charge in [-0.15, -0.1) is 0 Å². The molecule has 0 bridgehead atoms. The van der Waals surface area contributed by atoms with Gasteiger partial charge in [0.2, 0.25) is 0 Å². The van der Waals surface area contributed by atoms with Crippen molar-refractivity contribution >= 4 is 11.0 Å². The predicted molar refractivity (Wildman–Crippen MR) is 127 cm³/mol. The van der Waals surface area contributed by atoms with Crippen LogP contribution in [0.4, 0.5) is 0 Å². The van der Waals surface area contributed by atoms with Crippen LogP contribution in [0.15, 0.2) is 65.5 Å². The molecular formula is C26H30N4O2. The zero-order valence-electron chi connectivity index (χ0n) is 18.7. The van der Waals surface area contributed by atoms with Crippen molar-refractivity contribution in [2.45, 2.75) is 58.1 Å². The molecule has 0 aliphatic heterocycles. The summed E-state index contributed by atoms with van der Waals surface area (Å²) in [6.45, 7) is 4.08. The number of aliphatic hydroxyl groups is 1. The number of aromatic amines is 1. The highest BCUT2D eigenvalue weighted by Crippen LogP contribution is 2.26. The van der Waals surface area contributed by atoms with E-state index in [4.69, 9.17) is 10.1 Å². The van der Waals surface area contributed by atoms with Crippen LogP contribution in [0.25, 0.3) is 11.0 Å². The summed E-state index contributed by atoms with van der Waals surface area (Å²) in [7, 11) is 0. The number of aliphatic hydroxyl groups excluding tert-OH is 1. The number of rotatable bonds is 9. The summed E-state index contributed by atoms with van der Waals surface area (Å²) < 4.78 is 1.80. The quantitative estimate of drug-likeness (QED) is 0.416. The molecule has 2 unspecified atom stereocenters. The third-order valence-corrected chi connectivity index (χ3v) is 5.86. The van der Waals surface area contributed by atoms with Gasteiger partial charge in [0.05, 0.1) is 17.8 Å². The molecular weight excluding hydrogens is 400 g/mol. The normalized spacial score (nSPS) is 13.3. The number of hydrogen-bond donors (Lipinski definition) is 2. The number of fused-ring (bicyclic) bond motifs is 1. The molecule has 4 rings (SSSR count). The lowest BCUT2D eigenvalue weighted by molar-refractivity contribution is 0.102. The third-order valence-electron chi connectivity index (χ3n) is 5.86. The van der Waals surface area contributed by atoms with E-state index in [2.05, 4.69) is 11.9 Å². The molecule has 0 spiro atoms. The van der Waals surface area contributed by atoms with Crippen LogP contribution in [0.5, 0.6) is 0 Å². The Hall–Kier alpha value is -3.25. The van der Waals surface area contributed by atoms with Crippen molar-refractivity contribution < 1.29 is 5.11 Å². The van der Waals surface area contributed by atoms with Crippen molar-refractivity contribution in [2.75, 3.05) is 0 Å². The maximum absolute atomic E-state index is 13.0. The molecule has 0 fully saturated rings. The van der Waals surface area contributed by atoms with Crippen LogP contribution in [0, 0.1) is 0 Å². The standard InChI is InChI=1S/C26H30N4O2/c1-3-11-21(22(31)16-18-12-7-5-8-13-18)30-25-24(20(4-2)29-30)26(32)28-23(27-25)17-19-14-9-6-10-15-19/h5-10,12-15,21-22,31H,3-4,11,16-17H2,1-2H3,(H,27,28,32). The first kappa shape index (κ1) is 22.0. The smallest absolute Gasteiger partial charge is 0.262 e. The van der Waals surface area contributed by atoms with Crippen LogP contribution in [0.2, 0.25) is 0 Å². The molecule has 6 heteroatoms. The van der Waals surface area contributed by atoms with E-state index in [0.717, 1.165) is 24.0 Å². The first-order chi connectivity index (χ1) is 15.6. The van der Waals surface area contributed by atoms with E-state index in [0.29, 0.717) is 41.8 Å². The number of benzene rings is 2. The Bertz CT molecular complexity index is 1220. The predicted octanol–water partition coefficient (Wildman–Crippen LogP) is 4.22. The summed E-state index contributed by atoms with van der Waals surface area (Å²) in [5.74, 6) is 0.602. The molecule has 166 valence electrons. The van der Waals surface area contributed by atoms with Crippen LogP contribution in [0.1, 0.15) is 55.4 Å². The molecule has 0 aliphatic carbocycles. The minimum absolute atomic E-state index is 0.170. The molecule has 0 amide bonds. The summed E-state index contributed by atoms with van der Waals surface area (Å²) in [6.07, 6.45) is 2.68. The largest absolute Gasteiger partial charge is 0.391 e. The second kappa shape index (κ2) is 9.92. The molecule has 2 heterocycles. The number of nitrogens with one attached hydrogen (secondary N) is 1. The number of nitrogens with zero attached hydrogens (tertiary/aromatic N) is 3. The second-order valence-corrected chi connectivity index (χ2v) is 8.23. The Morgan fingerprint density at radius 2 is 1.66 bits per heavy atom. The second-order valence-electron chi connectivity index (χ2n) is 8.23. The fraction of sp³-hybridized carbons (Fsp3) is 0.346. The topological polar surface area (TPSA) is 83.8 Å². The average molecular weight is 431 g/mol. The highest BCUT2D eigenvalue weighted by Gasteiger charge is 2.26. The maximum Gasteiger partial charge on any atom is 0.262 e. The van der Waals surface area contributed by atoms with Crippen LogP contribution in [0.3, 0.4) is 0 Å². The Morgan fingerprint density at radius 3 is 2.28 bits per heavy atom. The Morgan fingerprint density at radius 1 is 1.00 bits per heavy atom. The van der Waals surface area contributed by atoms with Crippen LogP contribution in [-0.2, 0) is 19.3 Å². The summed E-state index contributed by atoms with van der Waals surface area (Å²) in [5, 5.41) is 16.5. The van der Waals surface area contributed by atoms with Crippen molar-refractivity contribution in [1.29, 1.82) is 0 Å². The van der Waals surface area contributed by atoms with Gasteiger partial charge in [0.25, 0.3) is 5.56 Å². The zero-order chi connectivity index (χ0) is 22.5. The van der Waals surface area contributed by atoms with Crippen molar-refractivity contribution in [3.05, 3.63) is 93.7 Å². The summed E-state index contributed by atoms with van der Waals surface area (Å²) >= 11 is 0. The van der Waals surface area contributed by atoms with Gasteiger partial charge >= 0.3 is 0 Å². The zero-order valence-corrected chi connectivity index (χ0v) is 18.7. The lowest BCUT2D eigenvalue weighted by Crippen LogP contribution is -2.28. The van der Waals surface area contributed by atoms with Crippen LogP contribution in [-0.4, -0.2) is 31.0 Å². The highest BCUT2D eigenvalue weighted by atomic mass is 16.3. The minimum Gasteiger partial charge on any atom is -0.391 e. The molecule has 2 atom stereocenters. The lowest BCUT2D eigenvalue weighted by atomic mass is 9.99. The van der Waals surface area contributed by atoms with E-state index in [1.165, 1.54) is 0 Å². The molecule has 32 heavy (non-hydrogen) atoms. The first-order valence-corrected chi connectivity index (χ1v) is 11.4. The SMILES string of the molecule is CCCC(C(O)Cc1ccccc1)n1nc(CC)c2c(=O)[nH]c(Cc3ccccc3)nc21. The van der Waals surface area contributed by atoms with Gasteiger partial charge in [-0.2, -0.15) is 5.10 Å². The van der Waals surface area contributed by atoms with Gasteiger partial charge in [-0.3, -0.25) is 4.79 Å². The van der Waals surface area contributed by atoms with E-state index >= 15 is 0 Å². The first-order valence-electron chi connectivity index (χ1n) is 11.4. The highest BCUT2D eigenvalue weighted by molar-refractivity contribution is 5.77. The molecule has 2 aromatic carbocycles. The van der Waals surface area contributed by atoms with Crippen LogP contribution < -0.4 is 5.56 Å². The van der Waals surface area contributed by atoms with Gasteiger partial charge in [-0.25, -0.2) is 9.67 Å². The van der Waals surface area contributed by atoms with Gasteiger partial charge in [-0.05, 0) is 24.0 Å². The lowest BCUT2D eigenvalue weighted by Gasteiger charge is -2.23. The molecule has 6 nitrogen and oxygen atoms in total.